The maximum absolute atomic E-state index is 12.1. The van der Waals surface area contributed by atoms with Crippen molar-refractivity contribution in [2.75, 3.05) is 31.6 Å². The van der Waals surface area contributed by atoms with Gasteiger partial charge in [0.1, 0.15) is 0 Å². The molecule has 0 aromatic heterocycles. The molecule has 0 radical (unpaired) electrons. The number of anilines is 1. The Hall–Kier alpha value is -1.88. The van der Waals surface area contributed by atoms with Crippen LogP contribution in [0.2, 0.25) is 0 Å². The highest BCUT2D eigenvalue weighted by molar-refractivity contribution is 5.92. The highest BCUT2D eigenvalue weighted by atomic mass is 16.5. The molecule has 1 fully saturated rings. The summed E-state index contributed by atoms with van der Waals surface area (Å²) in [5.41, 5.74) is 1.96. The van der Waals surface area contributed by atoms with Gasteiger partial charge in [-0.1, -0.05) is 17.7 Å². The third-order valence-electron chi connectivity index (χ3n) is 3.83. The Morgan fingerprint density at radius 1 is 1.32 bits per heavy atom. The van der Waals surface area contributed by atoms with E-state index < -0.39 is 0 Å². The number of hydrogen-bond donors (Lipinski definition) is 1. The van der Waals surface area contributed by atoms with Gasteiger partial charge in [0, 0.05) is 12.2 Å². The van der Waals surface area contributed by atoms with Crippen LogP contribution >= 0.6 is 0 Å². The molecule has 120 valence electrons. The number of nitrogens with zero attached hydrogens (tertiary/aromatic N) is 1. The molecule has 22 heavy (non-hydrogen) atoms. The maximum atomic E-state index is 12.1. The predicted octanol–water partition coefficient (Wildman–Crippen LogP) is 2.21. The molecule has 0 spiro atoms. The summed E-state index contributed by atoms with van der Waals surface area (Å²) in [5.74, 6) is -0.305. The van der Waals surface area contributed by atoms with E-state index in [1.807, 2.05) is 43.0 Å². The van der Waals surface area contributed by atoms with Gasteiger partial charge in [0.25, 0.3) is 0 Å². The molecular formula is C17H24N2O3. The molecule has 0 saturated carbocycles. The highest BCUT2D eigenvalue weighted by Crippen LogP contribution is 2.18. The molecule has 5 heteroatoms. The Balaban J connectivity index is 1.83. The number of piperidine rings is 1. The Labute approximate surface area is 131 Å². The van der Waals surface area contributed by atoms with E-state index in [1.165, 1.54) is 0 Å². The molecule has 2 rings (SSSR count). The van der Waals surface area contributed by atoms with E-state index >= 15 is 0 Å². The smallest absolute Gasteiger partial charge is 0.310 e. The largest absolute Gasteiger partial charge is 0.466 e. The number of ether oxygens (including phenoxy) is 1. The van der Waals surface area contributed by atoms with Gasteiger partial charge in [-0.15, -0.1) is 0 Å². The van der Waals surface area contributed by atoms with E-state index in [9.17, 15) is 9.59 Å². The van der Waals surface area contributed by atoms with Gasteiger partial charge in [0.05, 0.1) is 19.1 Å². The number of benzene rings is 1. The summed E-state index contributed by atoms with van der Waals surface area (Å²) in [4.78, 5) is 25.9. The summed E-state index contributed by atoms with van der Waals surface area (Å²) in [7, 11) is 0. The monoisotopic (exact) mass is 304 g/mol. The van der Waals surface area contributed by atoms with Crippen LogP contribution in [0.5, 0.6) is 0 Å². The lowest BCUT2D eigenvalue weighted by atomic mass is 9.98. The van der Waals surface area contributed by atoms with Crippen LogP contribution < -0.4 is 5.32 Å². The van der Waals surface area contributed by atoms with Gasteiger partial charge in [0.2, 0.25) is 5.91 Å². The van der Waals surface area contributed by atoms with Crippen molar-refractivity contribution in [3.05, 3.63) is 29.8 Å². The molecule has 1 amide bonds. The summed E-state index contributed by atoms with van der Waals surface area (Å²) < 4.78 is 5.08. The summed E-state index contributed by atoms with van der Waals surface area (Å²) in [6.45, 7) is 5.98. The number of nitrogens with one attached hydrogen (secondary N) is 1. The number of hydrogen-bond acceptors (Lipinski definition) is 4. The van der Waals surface area contributed by atoms with E-state index in [0.29, 0.717) is 19.7 Å². The second-order valence-electron chi connectivity index (χ2n) is 5.74. The minimum Gasteiger partial charge on any atom is -0.466 e. The van der Waals surface area contributed by atoms with Crippen molar-refractivity contribution < 1.29 is 14.3 Å². The van der Waals surface area contributed by atoms with Crippen LogP contribution in [0, 0.1) is 12.8 Å². The van der Waals surface area contributed by atoms with E-state index in [4.69, 9.17) is 4.74 Å². The van der Waals surface area contributed by atoms with Crippen LogP contribution in [-0.4, -0.2) is 43.0 Å². The van der Waals surface area contributed by atoms with E-state index in [1.54, 1.807) is 0 Å². The van der Waals surface area contributed by atoms with Gasteiger partial charge in [-0.05, 0) is 45.4 Å². The molecule has 1 saturated heterocycles. The zero-order chi connectivity index (χ0) is 15.9. The van der Waals surface area contributed by atoms with Crippen LogP contribution in [-0.2, 0) is 14.3 Å². The van der Waals surface area contributed by atoms with Crippen molar-refractivity contribution in [1.82, 2.24) is 4.90 Å². The Kier molecular flexibility index (Phi) is 5.95. The average Bonchev–Trinajstić information content (AvgIpc) is 2.50. The normalized spacial score (nSPS) is 18.7. The number of rotatable bonds is 5. The van der Waals surface area contributed by atoms with Gasteiger partial charge < -0.3 is 10.1 Å². The average molecular weight is 304 g/mol. The molecule has 1 unspecified atom stereocenters. The molecular weight excluding hydrogens is 280 g/mol. The van der Waals surface area contributed by atoms with Crippen molar-refractivity contribution in [2.45, 2.75) is 26.7 Å². The van der Waals surface area contributed by atoms with Crippen molar-refractivity contribution in [3.8, 4) is 0 Å². The fourth-order valence-corrected chi connectivity index (χ4v) is 2.69. The van der Waals surface area contributed by atoms with E-state index in [0.717, 1.165) is 30.6 Å². The van der Waals surface area contributed by atoms with Crippen molar-refractivity contribution in [3.63, 3.8) is 0 Å². The lowest BCUT2D eigenvalue weighted by Gasteiger charge is -2.30. The minimum atomic E-state index is -0.147. The maximum Gasteiger partial charge on any atom is 0.310 e. The van der Waals surface area contributed by atoms with Crippen molar-refractivity contribution in [1.29, 1.82) is 0 Å². The molecule has 1 aliphatic rings. The molecule has 1 aromatic carbocycles. The predicted molar refractivity (Wildman–Crippen MR) is 85.6 cm³/mol. The van der Waals surface area contributed by atoms with Crippen molar-refractivity contribution >= 4 is 17.6 Å². The summed E-state index contributed by atoms with van der Waals surface area (Å²) >= 11 is 0. The quantitative estimate of drug-likeness (QED) is 0.847. The molecule has 1 N–H and O–H groups in total. The van der Waals surface area contributed by atoms with Crippen LogP contribution in [0.3, 0.4) is 0 Å². The van der Waals surface area contributed by atoms with Crippen LogP contribution in [0.15, 0.2) is 24.3 Å². The first kappa shape index (κ1) is 16.5. The lowest BCUT2D eigenvalue weighted by molar-refractivity contribution is -0.150. The summed E-state index contributed by atoms with van der Waals surface area (Å²) in [6.07, 6.45) is 1.76. The second-order valence-corrected chi connectivity index (χ2v) is 5.74. The zero-order valence-corrected chi connectivity index (χ0v) is 13.3. The summed E-state index contributed by atoms with van der Waals surface area (Å²) in [6, 6.07) is 7.72. The molecule has 1 heterocycles. The van der Waals surface area contributed by atoms with E-state index in [2.05, 4.69) is 5.32 Å². The first-order chi connectivity index (χ1) is 10.6. The summed E-state index contributed by atoms with van der Waals surface area (Å²) in [5, 5.41) is 2.89. The number of esters is 1. The van der Waals surface area contributed by atoms with Crippen LogP contribution in [0.1, 0.15) is 25.3 Å². The molecule has 5 nitrogen and oxygen atoms in total. The SMILES string of the molecule is CCOC(=O)C1CCCN(CC(=O)Nc2ccc(C)cc2)C1. The van der Waals surface area contributed by atoms with Crippen molar-refractivity contribution in [2.24, 2.45) is 5.92 Å². The van der Waals surface area contributed by atoms with Gasteiger partial charge in [-0.2, -0.15) is 0 Å². The molecule has 0 bridgehead atoms. The second kappa shape index (κ2) is 7.94. The molecule has 1 aliphatic heterocycles. The first-order valence-electron chi connectivity index (χ1n) is 7.84. The highest BCUT2D eigenvalue weighted by Gasteiger charge is 2.27. The number of amides is 1. The van der Waals surface area contributed by atoms with Gasteiger partial charge in [-0.25, -0.2) is 0 Å². The Morgan fingerprint density at radius 2 is 2.05 bits per heavy atom. The number of aryl methyl sites for hydroxylation is 1. The Morgan fingerprint density at radius 3 is 2.73 bits per heavy atom. The minimum absolute atomic E-state index is 0.0478. The Bertz CT molecular complexity index is 513. The van der Waals surface area contributed by atoms with E-state index in [-0.39, 0.29) is 17.8 Å². The molecule has 1 aromatic rings. The molecule has 1 atom stereocenters. The number of likely N-dealkylation sites (tertiary alicyclic amines) is 1. The van der Waals surface area contributed by atoms with Crippen LogP contribution in [0.4, 0.5) is 5.69 Å². The zero-order valence-electron chi connectivity index (χ0n) is 13.3. The lowest BCUT2D eigenvalue weighted by Crippen LogP contribution is -2.43. The number of carbonyl (C=O) groups is 2. The van der Waals surface area contributed by atoms with Gasteiger partial charge >= 0.3 is 5.97 Å². The fourth-order valence-electron chi connectivity index (χ4n) is 2.69. The van der Waals surface area contributed by atoms with Gasteiger partial charge in [-0.3, -0.25) is 14.5 Å². The third kappa shape index (κ3) is 4.84. The fraction of sp³-hybridized carbons (Fsp3) is 0.529. The number of carbonyl (C=O) groups excluding carboxylic acids is 2. The van der Waals surface area contributed by atoms with Crippen LogP contribution in [0.25, 0.3) is 0 Å². The topological polar surface area (TPSA) is 58.6 Å². The molecule has 0 aliphatic carbocycles. The first-order valence-corrected chi connectivity index (χ1v) is 7.84. The van der Waals surface area contributed by atoms with Gasteiger partial charge in [0.15, 0.2) is 0 Å². The third-order valence-corrected chi connectivity index (χ3v) is 3.83. The standard InChI is InChI=1S/C17H24N2O3/c1-3-22-17(21)14-5-4-10-19(11-14)12-16(20)18-15-8-6-13(2)7-9-15/h6-9,14H,3-5,10-12H2,1-2H3,(H,18,20).